The molecule has 0 aliphatic carbocycles. The summed E-state index contributed by atoms with van der Waals surface area (Å²) in [6, 6.07) is 16.7. The van der Waals surface area contributed by atoms with Gasteiger partial charge in [-0.3, -0.25) is 9.59 Å². The van der Waals surface area contributed by atoms with E-state index >= 15 is 0 Å². The predicted octanol–water partition coefficient (Wildman–Crippen LogP) is 2.16. The van der Waals surface area contributed by atoms with Crippen molar-refractivity contribution in [1.82, 2.24) is 13.2 Å². The molecule has 2 aliphatic rings. The number of pyridine rings is 1. The monoisotopic (exact) mass is 556 g/mol. The van der Waals surface area contributed by atoms with Gasteiger partial charge in [-0.05, 0) is 66.9 Å². The molecule has 0 saturated carbocycles. The third-order valence-electron chi connectivity index (χ3n) is 7.09. The molecule has 10 nitrogen and oxygen atoms in total. The zero-order chi connectivity index (χ0) is 27.2. The number of benzene rings is 2. The van der Waals surface area contributed by atoms with E-state index in [-0.39, 0.29) is 32.7 Å². The topological polar surface area (TPSA) is 126 Å². The quantitative estimate of drug-likeness (QED) is 0.496. The van der Waals surface area contributed by atoms with Crippen LogP contribution in [0, 0.1) is 5.92 Å². The fourth-order valence-corrected chi connectivity index (χ4v) is 7.56. The van der Waals surface area contributed by atoms with Gasteiger partial charge in [-0.2, -0.15) is 4.31 Å². The summed E-state index contributed by atoms with van der Waals surface area (Å²) in [5.74, 6) is -0.426. The number of nitrogens with zero attached hydrogens (tertiary/aromatic N) is 3. The average molecular weight is 557 g/mol. The maximum Gasteiger partial charge on any atom is 0.255 e. The fourth-order valence-electron chi connectivity index (χ4n) is 5.10. The maximum atomic E-state index is 13.4. The highest BCUT2D eigenvalue weighted by Crippen LogP contribution is 2.37. The Morgan fingerprint density at radius 1 is 0.868 bits per heavy atom. The van der Waals surface area contributed by atoms with Gasteiger partial charge < -0.3 is 9.88 Å². The number of carbonyl (C=O) groups excluding carboxylic acids is 1. The first-order chi connectivity index (χ1) is 18.0. The van der Waals surface area contributed by atoms with Gasteiger partial charge in [0.15, 0.2) is 0 Å². The third-order valence-corrected chi connectivity index (χ3v) is 10.8. The van der Waals surface area contributed by atoms with Crippen LogP contribution in [0.1, 0.15) is 28.4 Å². The summed E-state index contributed by atoms with van der Waals surface area (Å²) >= 11 is 0. The van der Waals surface area contributed by atoms with Gasteiger partial charge in [-0.15, -0.1) is 0 Å². The largest absolute Gasteiger partial charge is 0.322 e. The SMILES string of the molecule is CN(C)S(=O)(=O)c1ccc(C(=O)Nc2ccc(S(=O)(=O)N3CC4CC(C3)c3cccc(=O)n3C4)cc2)cc1. The van der Waals surface area contributed by atoms with Gasteiger partial charge in [-0.25, -0.2) is 21.1 Å². The van der Waals surface area contributed by atoms with Crippen LogP contribution in [0.3, 0.4) is 0 Å². The highest BCUT2D eigenvalue weighted by atomic mass is 32.2. The number of aromatic nitrogens is 1. The number of sulfonamides is 2. The van der Waals surface area contributed by atoms with E-state index in [1.54, 1.807) is 10.6 Å². The number of hydrogen-bond acceptors (Lipinski definition) is 6. The molecule has 3 heterocycles. The lowest BCUT2D eigenvalue weighted by molar-refractivity contribution is 0.102. The molecule has 2 bridgehead atoms. The lowest BCUT2D eigenvalue weighted by atomic mass is 9.84. The molecule has 38 heavy (non-hydrogen) atoms. The van der Waals surface area contributed by atoms with Gasteiger partial charge in [0.1, 0.15) is 0 Å². The van der Waals surface area contributed by atoms with E-state index < -0.39 is 26.0 Å². The van der Waals surface area contributed by atoms with Crippen LogP contribution >= 0.6 is 0 Å². The van der Waals surface area contributed by atoms with Crippen molar-refractivity contribution < 1.29 is 21.6 Å². The van der Waals surface area contributed by atoms with Crippen LogP contribution in [0.4, 0.5) is 5.69 Å². The molecule has 2 aromatic carbocycles. The van der Waals surface area contributed by atoms with E-state index in [1.807, 2.05) is 6.07 Å². The Hall–Kier alpha value is -3.32. The molecule has 1 aromatic heterocycles. The molecule has 2 unspecified atom stereocenters. The molecular formula is C26H28N4O6S2. The van der Waals surface area contributed by atoms with Crippen molar-refractivity contribution in [3.63, 3.8) is 0 Å². The van der Waals surface area contributed by atoms with Crippen LogP contribution < -0.4 is 10.9 Å². The van der Waals surface area contributed by atoms with Gasteiger partial charge in [0, 0.05) is 62.7 Å². The minimum absolute atomic E-state index is 0.0381. The summed E-state index contributed by atoms with van der Waals surface area (Å²) in [6.45, 7) is 1.16. The van der Waals surface area contributed by atoms with Crippen LogP contribution in [0.2, 0.25) is 0 Å². The molecule has 1 fully saturated rings. The summed E-state index contributed by atoms with van der Waals surface area (Å²) < 4.78 is 55.6. The van der Waals surface area contributed by atoms with Crippen molar-refractivity contribution in [3.8, 4) is 0 Å². The number of anilines is 1. The second-order valence-electron chi connectivity index (χ2n) is 9.81. The minimum atomic E-state index is -3.77. The summed E-state index contributed by atoms with van der Waals surface area (Å²) in [6.07, 6.45) is 0.850. The minimum Gasteiger partial charge on any atom is -0.322 e. The number of carbonyl (C=O) groups is 1. The van der Waals surface area contributed by atoms with E-state index in [0.717, 1.165) is 16.4 Å². The molecule has 5 rings (SSSR count). The molecule has 1 saturated heterocycles. The molecule has 1 amide bonds. The average Bonchev–Trinajstić information content (AvgIpc) is 2.89. The molecule has 12 heteroatoms. The van der Waals surface area contributed by atoms with E-state index in [9.17, 15) is 26.4 Å². The number of fused-ring (bicyclic) bond motifs is 4. The summed E-state index contributed by atoms with van der Waals surface area (Å²) in [7, 11) is -4.51. The molecule has 0 radical (unpaired) electrons. The third kappa shape index (κ3) is 4.80. The molecule has 200 valence electrons. The van der Waals surface area contributed by atoms with E-state index in [1.165, 1.54) is 73.0 Å². The van der Waals surface area contributed by atoms with Crippen LogP contribution in [-0.4, -0.2) is 63.1 Å². The Kier molecular flexibility index (Phi) is 6.76. The Labute approximate surface area is 221 Å². The molecule has 3 aromatic rings. The Balaban J connectivity index is 1.29. The maximum absolute atomic E-state index is 13.4. The second kappa shape index (κ2) is 9.77. The molecular weight excluding hydrogens is 528 g/mol. The lowest BCUT2D eigenvalue weighted by Crippen LogP contribution is -2.48. The van der Waals surface area contributed by atoms with E-state index in [2.05, 4.69) is 5.32 Å². The first-order valence-electron chi connectivity index (χ1n) is 12.1. The summed E-state index contributed by atoms with van der Waals surface area (Å²) in [5, 5.41) is 2.71. The van der Waals surface area contributed by atoms with E-state index in [4.69, 9.17) is 0 Å². The van der Waals surface area contributed by atoms with Crippen LogP contribution in [0.15, 0.2) is 81.3 Å². The van der Waals surface area contributed by atoms with Crippen LogP contribution in [0.5, 0.6) is 0 Å². The van der Waals surface area contributed by atoms with Crippen LogP contribution in [0.25, 0.3) is 0 Å². The number of nitrogens with one attached hydrogen (secondary N) is 1. The highest BCUT2D eigenvalue weighted by Gasteiger charge is 2.39. The van der Waals surface area contributed by atoms with Gasteiger partial charge >= 0.3 is 0 Å². The van der Waals surface area contributed by atoms with Gasteiger partial charge in [0.2, 0.25) is 20.0 Å². The second-order valence-corrected chi connectivity index (χ2v) is 13.9. The number of piperidine rings is 1. The number of amides is 1. The van der Waals surface area contributed by atoms with Crippen molar-refractivity contribution in [3.05, 3.63) is 88.3 Å². The zero-order valence-electron chi connectivity index (χ0n) is 20.9. The Bertz CT molecular complexity index is 1650. The van der Waals surface area contributed by atoms with Crippen molar-refractivity contribution in [2.24, 2.45) is 5.92 Å². The Morgan fingerprint density at radius 3 is 2.18 bits per heavy atom. The molecule has 2 atom stereocenters. The number of rotatable bonds is 6. The summed E-state index contributed by atoms with van der Waals surface area (Å²) in [5.41, 5.74) is 1.49. The molecule has 2 aliphatic heterocycles. The molecule has 1 N–H and O–H groups in total. The predicted molar refractivity (Wildman–Crippen MR) is 142 cm³/mol. The smallest absolute Gasteiger partial charge is 0.255 e. The lowest BCUT2D eigenvalue weighted by Gasteiger charge is -2.42. The first kappa shape index (κ1) is 26.3. The van der Waals surface area contributed by atoms with Gasteiger partial charge in [-0.1, -0.05) is 6.07 Å². The van der Waals surface area contributed by atoms with Gasteiger partial charge in [0.05, 0.1) is 9.79 Å². The molecule has 0 spiro atoms. The normalized spacial score (nSPS) is 19.7. The van der Waals surface area contributed by atoms with Crippen molar-refractivity contribution in [2.45, 2.75) is 28.7 Å². The zero-order valence-corrected chi connectivity index (χ0v) is 22.6. The van der Waals surface area contributed by atoms with Crippen molar-refractivity contribution in [1.29, 1.82) is 0 Å². The van der Waals surface area contributed by atoms with Gasteiger partial charge in [0.25, 0.3) is 11.5 Å². The van der Waals surface area contributed by atoms with Crippen molar-refractivity contribution in [2.75, 3.05) is 32.5 Å². The standard InChI is InChI=1S/C26H28N4O6S2/c1-28(2)37(33,34)22-10-6-19(7-11-22)26(32)27-21-8-12-23(13-9-21)38(35,36)29-15-18-14-20(17-29)24-4-3-5-25(31)30(24)16-18/h3-13,18,20H,14-17H2,1-2H3,(H,27,32). The van der Waals surface area contributed by atoms with Crippen LogP contribution in [-0.2, 0) is 26.6 Å². The number of hydrogen-bond donors (Lipinski definition) is 1. The summed E-state index contributed by atoms with van der Waals surface area (Å²) in [4.78, 5) is 25.1. The first-order valence-corrected chi connectivity index (χ1v) is 15.0. The highest BCUT2D eigenvalue weighted by molar-refractivity contribution is 7.89. The van der Waals surface area contributed by atoms with Crippen molar-refractivity contribution >= 4 is 31.6 Å². The van der Waals surface area contributed by atoms with E-state index in [0.29, 0.717) is 25.3 Å². The Morgan fingerprint density at radius 2 is 1.53 bits per heavy atom. The fraction of sp³-hybridized carbons (Fsp3) is 0.308.